The van der Waals surface area contributed by atoms with Crippen LogP contribution in [0.2, 0.25) is 0 Å². The van der Waals surface area contributed by atoms with Gasteiger partial charge in [-0.2, -0.15) is 10.2 Å². The molecule has 0 radical (unpaired) electrons. The third kappa shape index (κ3) is 0.922. The molecule has 0 saturated carbocycles. The Balaban J connectivity index is 2.95. The Kier molecular flexibility index (Phi) is 1.46. The lowest BCUT2D eigenvalue weighted by atomic mass is 10.2. The van der Waals surface area contributed by atoms with Gasteiger partial charge in [-0.1, -0.05) is 0 Å². The van der Waals surface area contributed by atoms with Crippen molar-refractivity contribution in [3.63, 3.8) is 0 Å². The minimum absolute atomic E-state index is 0.157. The summed E-state index contributed by atoms with van der Waals surface area (Å²) in [5, 5.41) is 7.23. The Morgan fingerprint density at radius 3 is 1.67 bits per heavy atom. The van der Waals surface area contributed by atoms with Crippen molar-refractivity contribution in [1.82, 2.24) is 10.2 Å². The summed E-state index contributed by atoms with van der Waals surface area (Å²) >= 11 is 0. The summed E-state index contributed by atoms with van der Waals surface area (Å²) in [7, 11) is 0. The molecule has 1 aromatic carbocycles. The SMILES string of the molecule is Fc1ccc(F)c2cnncc12. The maximum absolute atomic E-state index is 12.9. The van der Waals surface area contributed by atoms with Crippen LogP contribution in [0.5, 0.6) is 0 Å². The number of hydrogen-bond acceptors (Lipinski definition) is 2. The molecule has 0 aliphatic heterocycles. The zero-order valence-electron chi connectivity index (χ0n) is 5.96. The first-order chi connectivity index (χ1) is 5.79. The minimum Gasteiger partial charge on any atom is -0.206 e. The second kappa shape index (κ2) is 2.48. The average molecular weight is 166 g/mol. The Morgan fingerprint density at radius 1 is 0.833 bits per heavy atom. The Hall–Kier alpha value is -1.58. The van der Waals surface area contributed by atoms with Crippen molar-refractivity contribution in [3.8, 4) is 0 Å². The van der Waals surface area contributed by atoms with Gasteiger partial charge in [0.15, 0.2) is 0 Å². The normalized spacial score (nSPS) is 10.5. The lowest BCUT2D eigenvalue weighted by Crippen LogP contribution is -1.87. The number of nitrogens with zero attached hydrogens (tertiary/aromatic N) is 2. The molecule has 0 amide bonds. The highest BCUT2D eigenvalue weighted by Gasteiger charge is 2.04. The molecule has 4 heteroatoms. The molecule has 2 rings (SSSR count). The van der Waals surface area contributed by atoms with E-state index in [1.165, 1.54) is 12.4 Å². The van der Waals surface area contributed by atoms with Crippen molar-refractivity contribution in [1.29, 1.82) is 0 Å². The third-order valence-electron chi connectivity index (χ3n) is 1.62. The fourth-order valence-electron chi connectivity index (χ4n) is 1.03. The zero-order chi connectivity index (χ0) is 8.55. The molecule has 0 saturated heterocycles. The van der Waals surface area contributed by atoms with Crippen LogP contribution < -0.4 is 0 Å². The highest BCUT2D eigenvalue weighted by molar-refractivity contribution is 5.81. The van der Waals surface area contributed by atoms with Gasteiger partial charge in [-0.05, 0) is 12.1 Å². The van der Waals surface area contributed by atoms with E-state index < -0.39 is 11.6 Å². The van der Waals surface area contributed by atoms with Gasteiger partial charge in [0.25, 0.3) is 0 Å². The lowest BCUT2D eigenvalue weighted by Gasteiger charge is -1.97. The Morgan fingerprint density at radius 2 is 1.25 bits per heavy atom. The van der Waals surface area contributed by atoms with Gasteiger partial charge in [-0.15, -0.1) is 0 Å². The molecule has 60 valence electrons. The highest BCUT2D eigenvalue weighted by Crippen LogP contribution is 2.18. The van der Waals surface area contributed by atoms with Gasteiger partial charge in [0.1, 0.15) is 11.6 Å². The molecule has 2 aromatic rings. The molecule has 0 aliphatic rings. The molecule has 12 heavy (non-hydrogen) atoms. The van der Waals surface area contributed by atoms with Crippen LogP contribution in [0.3, 0.4) is 0 Å². The van der Waals surface area contributed by atoms with E-state index in [4.69, 9.17) is 0 Å². The summed E-state index contributed by atoms with van der Waals surface area (Å²) < 4.78 is 25.9. The van der Waals surface area contributed by atoms with E-state index in [0.29, 0.717) is 0 Å². The molecule has 0 bridgehead atoms. The van der Waals surface area contributed by atoms with Gasteiger partial charge < -0.3 is 0 Å². The van der Waals surface area contributed by atoms with Crippen LogP contribution in [-0.4, -0.2) is 10.2 Å². The Bertz CT molecular complexity index is 388. The summed E-state index contributed by atoms with van der Waals surface area (Å²) in [6, 6.07) is 2.14. The van der Waals surface area contributed by atoms with Crippen molar-refractivity contribution >= 4 is 10.8 Å². The number of hydrogen-bond donors (Lipinski definition) is 0. The molecule has 0 spiro atoms. The topological polar surface area (TPSA) is 25.8 Å². The smallest absolute Gasteiger partial charge is 0.132 e. The number of rotatable bonds is 0. The van der Waals surface area contributed by atoms with E-state index in [9.17, 15) is 8.78 Å². The fraction of sp³-hybridized carbons (Fsp3) is 0. The van der Waals surface area contributed by atoms with E-state index in [0.717, 1.165) is 12.1 Å². The van der Waals surface area contributed by atoms with Crippen LogP contribution in [0, 0.1) is 11.6 Å². The van der Waals surface area contributed by atoms with E-state index in [-0.39, 0.29) is 10.8 Å². The lowest BCUT2D eigenvalue weighted by molar-refractivity contribution is 0.616. The summed E-state index contributed by atoms with van der Waals surface area (Å²) in [6.45, 7) is 0. The molecule has 1 aromatic heterocycles. The molecule has 1 heterocycles. The molecular weight excluding hydrogens is 162 g/mol. The van der Waals surface area contributed by atoms with Crippen molar-refractivity contribution in [3.05, 3.63) is 36.2 Å². The van der Waals surface area contributed by atoms with Crippen LogP contribution in [0.25, 0.3) is 10.8 Å². The van der Waals surface area contributed by atoms with Crippen molar-refractivity contribution < 1.29 is 8.78 Å². The van der Waals surface area contributed by atoms with Gasteiger partial charge in [0, 0.05) is 10.8 Å². The van der Waals surface area contributed by atoms with Gasteiger partial charge >= 0.3 is 0 Å². The second-order valence-corrected chi connectivity index (χ2v) is 2.35. The molecule has 0 atom stereocenters. The van der Waals surface area contributed by atoms with Gasteiger partial charge in [-0.3, -0.25) is 0 Å². The summed E-state index contributed by atoms with van der Waals surface area (Å²) in [5.74, 6) is -0.970. The van der Waals surface area contributed by atoms with E-state index >= 15 is 0 Å². The maximum atomic E-state index is 12.9. The number of aromatic nitrogens is 2. The van der Waals surface area contributed by atoms with E-state index in [1.54, 1.807) is 0 Å². The number of fused-ring (bicyclic) bond motifs is 1. The molecule has 2 nitrogen and oxygen atoms in total. The van der Waals surface area contributed by atoms with Crippen molar-refractivity contribution in [2.24, 2.45) is 0 Å². The van der Waals surface area contributed by atoms with Crippen LogP contribution in [-0.2, 0) is 0 Å². The average Bonchev–Trinajstić information content (AvgIpc) is 2.12. The third-order valence-corrected chi connectivity index (χ3v) is 1.62. The van der Waals surface area contributed by atoms with Crippen LogP contribution >= 0.6 is 0 Å². The van der Waals surface area contributed by atoms with Gasteiger partial charge in [0.2, 0.25) is 0 Å². The van der Waals surface area contributed by atoms with Crippen LogP contribution in [0.4, 0.5) is 8.78 Å². The maximum Gasteiger partial charge on any atom is 0.132 e. The number of halogens is 2. The largest absolute Gasteiger partial charge is 0.206 e. The molecule has 0 aliphatic carbocycles. The fourth-order valence-corrected chi connectivity index (χ4v) is 1.03. The van der Waals surface area contributed by atoms with Crippen molar-refractivity contribution in [2.75, 3.05) is 0 Å². The quantitative estimate of drug-likeness (QED) is 0.597. The molecule has 0 unspecified atom stereocenters. The van der Waals surface area contributed by atoms with Crippen LogP contribution in [0.1, 0.15) is 0 Å². The van der Waals surface area contributed by atoms with E-state index in [2.05, 4.69) is 10.2 Å². The standard InChI is InChI=1S/C8H4F2N2/c9-7-1-2-8(10)6-4-12-11-3-5(6)7/h1-4H. The molecule has 0 N–H and O–H groups in total. The molecule has 0 fully saturated rings. The predicted molar refractivity (Wildman–Crippen MR) is 39.5 cm³/mol. The first-order valence-corrected chi connectivity index (χ1v) is 3.33. The zero-order valence-corrected chi connectivity index (χ0v) is 5.96. The minimum atomic E-state index is -0.485. The highest BCUT2D eigenvalue weighted by atomic mass is 19.1. The first kappa shape index (κ1) is 7.09. The predicted octanol–water partition coefficient (Wildman–Crippen LogP) is 1.91. The monoisotopic (exact) mass is 166 g/mol. The Labute approximate surface area is 66.9 Å². The van der Waals surface area contributed by atoms with Crippen LogP contribution in [0.15, 0.2) is 24.5 Å². The number of benzene rings is 1. The van der Waals surface area contributed by atoms with Gasteiger partial charge in [0.05, 0.1) is 12.4 Å². The summed E-state index contributed by atoms with van der Waals surface area (Å²) in [5.41, 5.74) is 0. The van der Waals surface area contributed by atoms with Crippen molar-refractivity contribution in [2.45, 2.75) is 0 Å². The summed E-state index contributed by atoms with van der Waals surface area (Å²) in [6.07, 6.45) is 2.40. The van der Waals surface area contributed by atoms with Gasteiger partial charge in [-0.25, -0.2) is 8.78 Å². The van der Waals surface area contributed by atoms with E-state index in [1.807, 2.05) is 0 Å². The molecular formula is C8H4F2N2. The first-order valence-electron chi connectivity index (χ1n) is 3.33. The summed E-state index contributed by atoms with van der Waals surface area (Å²) in [4.78, 5) is 0. The second-order valence-electron chi connectivity index (χ2n) is 2.35.